The minimum Gasteiger partial charge on any atom is -0.453 e. The molecule has 1 fully saturated rings. The van der Waals surface area contributed by atoms with Crippen LogP contribution in [0.4, 0.5) is 5.82 Å². The Bertz CT molecular complexity index is 1020. The van der Waals surface area contributed by atoms with Gasteiger partial charge in [-0.2, -0.15) is 0 Å². The lowest BCUT2D eigenvalue weighted by Crippen LogP contribution is -2.33. The van der Waals surface area contributed by atoms with Gasteiger partial charge in [0.1, 0.15) is 5.75 Å². The SMILES string of the molecule is CCCN1C(=O)c2cc(S(=O)(=O)NC[C@@H]3CCCO3)ccc2Oc2cccnc21. The second-order valence-electron chi connectivity index (χ2n) is 7.03. The van der Waals surface area contributed by atoms with Crippen LogP contribution in [0, 0.1) is 0 Å². The molecular formula is C20H23N3O5S. The van der Waals surface area contributed by atoms with Crippen LogP contribution in [0.2, 0.25) is 0 Å². The monoisotopic (exact) mass is 417 g/mol. The van der Waals surface area contributed by atoms with E-state index in [4.69, 9.17) is 9.47 Å². The van der Waals surface area contributed by atoms with Gasteiger partial charge in [0.25, 0.3) is 5.91 Å². The molecule has 154 valence electrons. The summed E-state index contributed by atoms with van der Waals surface area (Å²) in [5.41, 5.74) is 0.191. The first-order valence-electron chi connectivity index (χ1n) is 9.69. The van der Waals surface area contributed by atoms with Gasteiger partial charge in [-0.05, 0) is 49.6 Å². The fourth-order valence-corrected chi connectivity index (χ4v) is 4.57. The molecular weight excluding hydrogens is 394 g/mol. The first-order chi connectivity index (χ1) is 14.0. The first-order valence-corrected chi connectivity index (χ1v) is 11.2. The summed E-state index contributed by atoms with van der Waals surface area (Å²) in [5, 5.41) is 0. The summed E-state index contributed by atoms with van der Waals surface area (Å²) in [6.45, 7) is 3.26. The normalized spacial score (nSPS) is 18.7. The summed E-state index contributed by atoms with van der Waals surface area (Å²) < 4.78 is 39.4. The van der Waals surface area contributed by atoms with Crippen LogP contribution in [-0.4, -0.2) is 45.1 Å². The van der Waals surface area contributed by atoms with Crippen molar-refractivity contribution in [3.05, 3.63) is 42.1 Å². The van der Waals surface area contributed by atoms with Crippen LogP contribution in [0.25, 0.3) is 0 Å². The van der Waals surface area contributed by atoms with E-state index in [1.54, 1.807) is 18.3 Å². The predicted octanol–water partition coefficient (Wildman–Crippen LogP) is 2.70. The summed E-state index contributed by atoms with van der Waals surface area (Å²) in [6.07, 6.45) is 3.96. The number of rotatable bonds is 6. The van der Waals surface area contributed by atoms with Crippen LogP contribution in [0.15, 0.2) is 41.4 Å². The number of anilines is 1. The number of nitrogens with zero attached hydrogens (tertiary/aromatic N) is 2. The number of aromatic nitrogens is 1. The van der Waals surface area contributed by atoms with Crippen molar-refractivity contribution in [3.63, 3.8) is 0 Å². The summed E-state index contributed by atoms with van der Waals surface area (Å²) in [4.78, 5) is 19.0. The van der Waals surface area contributed by atoms with Gasteiger partial charge < -0.3 is 9.47 Å². The molecule has 1 N–H and O–H groups in total. The highest BCUT2D eigenvalue weighted by Crippen LogP contribution is 2.38. The molecule has 0 aliphatic carbocycles. The van der Waals surface area contributed by atoms with Crippen LogP contribution in [0.1, 0.15) is 36.5 Å². The first kappa shape index (κ1) is 19.8. The lowest BCUT2D eigenvalue weighted by Gasteiger charge is -2.20. The zero-order valence-corrected chi connectivity index (χ0v) is 16.9. The molecule has 2 aliphatic rings. The maximum atomic E-state index is 13.2. The van der Waals surface area contributed by atoms with E-state index in [0.717, 1.165) is 19.3 Å². The van der Waals surface area contributed by atoms with Gasteiger partial charge in [-0.3, -0.25) is 9.69 Å². The molecule has 1 aromatic heterocycles. The third kappa shape index (κ3) is 3.98. The molecule has 1 amide bonds. The quantitative estimate of drug-likeness (QED) is 0.776. The Morgan fingerprint density at radius 3 is 2.90 bits per heavy atom. The minimum atomic E-state index is -3.79. The summed E-state index contributed by atoms with van der Waals surface area (Å²) >= 11 is 0. The highest BCUT2D eigenvalue weighted by molar-refractivity contribution is 7.89. The van der Waals surface area contributed by atoms with Crippen LogP contribution in [0.5, 0.6) is 11.5 Å². The lowest BCUT2D eigenvalue weighted by molar-refractivity contribution is 0.0986. The molecule has 2 aliphatic heterocycles. The third-order valence-electron chi connectivity index (χ3n) is 4.94. The van der Waals surface area contributed by atoms with Crippen molar-refractivity contribution in [3.8, 4) is 11.5 Å². The number of fused-ring (bicyclic) bond motifs is 2. The number of pyridine rings is 1. The van der Waals surface area contributed by atoms with E-state index in [1.807, 2.05) is 6.92 Å². The molecule has 0 spiro atoms. The van der Waals surface area contributed by atoms with Gasteiger partial charge in [-0.25, -0.2) is 18.1 Å². The van der Waals surface area contributed by atoms with E-state index in [2.05, 4.69) is 9.71 Å². The Balaban J connectivity index is 1.66. The van der Waals surface area contributed by atoms with Gasteiger partial charge in [0.05, 0.1) is 16.6 Å². The number of carbonyl (C=O) groups is 1. The Hall–Kier alpha value is -2.49. The number of benzene rings is 1. The standard InChI is InChI=1S/C20H23N3O5S/c1-2-10-23-19-18(6-3-9-21-19)28-17-8-7-15(12-16(17)20(23)24)29(25,26)22-13-14-5-4-11-27-14/h3,6-9,12,14,22H,2,4-5,10-11,13H2,1H3/t14-/m0/s1. The van der Waals surface area contributed by atoms with Crippen molar-refractivity contribution in [2.75, 3.05) is 24.6 Å². The second kappa shape index (κ2) is 8.10. The lowest BCUT2D eigenvalue weighted by atomic mass is 10.1. The van der Waals surface area contributed by atoms with Gasteiger partial charge in [0.15, 0.2) is 11.6 Å². The molecule has 8 nitrogen and oxygen atoms in total. The Kier molecular flexibility index (Phi) is 5.53. The molecule has 0 bridgehead atoms. The van der Waals surface area contributed by atoms with E-state index in [-0.39, 0.29) is 29.0 Å². The van der Waals surface area contributed by atoms with Crippen molar-refractivity contribution in [2.24, 2.45) is 0 Å². The van der Waals surface area contributed by atoms with E-state index in [9.17, 15) is 13.2 Å². The maximum Gasteiger partial charge on any atom is 0.263 e. The molecule has 4 rings (SSSR count). The maximum absolute atomic E-state index is 13.2. The number of amides is 1. The molecule has 2 aromatic rings. The third-order valence-corrected chi connectivity index (χ3v) is 6.36. The Morgan fingerprint density at radius 2 is 2.14 bits per heavy atom. The molecule has 1 saturated heterocycles. The van der Waals surface area contributed by atoms with Crippen LogP contribution in [-0.2, 0) is 14.8 Å². The van der Waals surface area contributed by atoms with Crippen molar-refractivity contribution < 1.29 is 22.7 Å². The molecule has 9 heteroatoms. The highest BCUT2D eigenvalue weighted by Gasteiger charge is 2.30. The summed E-state index contributed by atoms with van der Waals surface area (Å²) in [6, 6.07) is 7.78. The molecule has 0 radical (unpaired) electrons. The average molecular weight is 417 g/mol. The van der Waals surface area contributed by atoms with Gasteiger partial charge in [0, 0.05) is 25.9 Å². The van der Waals surface area contributed by atoms with E-state index in [0.29, 0.717) is 30.5 Å². The molecule has 1 atom stereocenters. The highest BCUT2D eigenvalue weighted by atomic mass is 32.2. The van der Waals surface area contributed by atoms with Crippen molar-refractivity contribution in [2.45, 2.75) is 37.2 Å². The predicted molar refractivity (Wildman–Crippen MR) is 107 cm³/mol. The van der Waals surface area contributed by atoms with Gasteiger partial charge in [-0.15, -0.1) is 0 Å². The van der Waals surface area contributed by atoms with Crippen LogP contribution in [0.3, 0.4) is 0 Å². The van der Waals surface area contributed by atoms with E-state index >= 15 is 0 Å². The molecule has 1 aromatic carbocycles. The van der Waals surface area contributed by atoms with E-state index in [1.165, 1.54) is 23.1 Å². The molecule has 0 unspecified atom stereocenters. The molecule has 29 heavy (non-hydrogen) atoms. The van der Waals surface area contributed by atoms with Crippen LogP contribution < -0.4 is 14.4 Å². The number of ether oxygens (including phenoxy) is 2. The molecule has 0 saturated carbocycles. The number of hydrogen-bond donors (Lipinski definition) is 1. The zero-order valence-electron chi connectivity index (χ0n) is 16.1. The number of carbonyl (C=O) groups excluding carboxylic acids is 1. The topological polar surface area (TPSA) is 97.8 Å². The minimum absolute atomic E-state index is 0.0153. The molecule has 3 heterocycles. The largest absolute Gasteiger partial charge is 0.453 e. The Morgan fingerprint density at radius 1 is 1.28 bits per heavy atom. The Labute approximate surface area is 169 Å². The zero-order chi connectivity index (χ0) is 20.4. The number of hydrogen-bond acceptors (Lipinski definition) is 6. The van der Waals surface area contributed by atoms with Crippen LogP contribution >= 0.6 is 0 Å². The van der Waals surface area contributed by atoms with Gasteiger partial charge >= 0.3 is 0 Å². The van der Waals surface area contributed by atoms with Gasteiger partial charge in [-0.1, -0.05) is 6.92 Å². The fourth-order valence-electron chi connectivity index (χ4n) is 3.48. The van der Waals surface area contributed by atoms with Crippen molar-refractivity contribution in [1.82, 2.24) is 9.71 Å². The summed E-state index contributed by atoms with van der Waals surface area (Å²) in [5.74, 6) is 0.855. The smallest absolute Gasteiger partial charge is 0.263 e. The van der Waals surface area contributed by atoms with E-state index < -0.39 is 10.0 Å². The van der Waals surface area contributed by atoms with Gasteiger partial charge in [0.2, 0.25) is 10.0 Å². The second-order valence-corrected chi connectivity index (χ2v) is 8.80. The fraction of sp³-hybridized carbons (Fsp3) is 0.400. The van der Waals surface area contributed by atoms with Crippen molar-refractivity contribution in [1.29, 1.82) is 0 Å². The number of sulfonamides is 1. The summed E-state index contributed by atoms with van der Waals surface area (Å²) in [7, 11) is -3.79. The van der Waals surface area contributed by atoms with Crippen molar-refractivity contribution >= 4 is 21.7 Å². The number of nitrogens with one attached hydrogen (secondary N) is 1. The average Bonchev–Trinajstić information content (AvgIpc) is 3.21.